The number of rotatable bonds is 31. The molecular formula is C36H66O8. The van der Waals surface area contributed by atoms with E-state index in [-0.39, 0.29) is 24.3 Å². The van der Waals surface area contributed by atoms with E-state index in [9.17, 15) is 19.2 Å². The Bertz CT molecular complexity index is 738. The summed E-state index contributed by atoms with van der Waals surface area (Å²) in [7, 11) is 0. The van der Waals surface area contributed by atoms with Gasteiger partial charge in [0.2, 0.25) is 0 Å². The first-order chi connectivity index (χ1) is 21.3. The SMILES string of the molecule is CCCCCC[C@H](C[C@@H](OC(=O)CCCCC)[C@@H](CCCCCCCC(=O)O)OC(=O)CCCCC)OC(=O)CCCCC. The highest BCUT2D eigenvalue weighted by Gasteiger charge is 2.32. The number of esters is 3. The number of hydrogen-bond donors (Lipinski definition) is 1. The van der Waals surface area contributed by atoms with E-state index in [0.717, 1.165) is 109 Å². The quantitative estimate of drug-likeness (QED) is 0.0459. The Morgan fingerprint density at radius 3 is 1.36 bits per heavy atom. The molecule has 0 bridgehead atoms. The number of carboxylic acids is 1. The second-order valence-corrected chi connectivity index (χ2v) is 12.3. The second-order valence-electron chi connectivity index (χ2n) is 12.3. The van der Waals surface area contributed by atoms with Crippen LogP contribution in [-0.2, 0) is 33.4 Å². The molecule has 44 heavy (non-hydrogen) atoms. The lowest BCUT2D eigenvalue weighted by Crippen LogP contribution is -2.39. The summed E-state index contributed by atoms with van der Waals surface area (Å²) in [6.45, 7) is 8.43. The lowest BCUT2D eigenvalue weighted by molar-refractivity contribution is -0.174. The maximum absolute atomic E-state index is 13.0. The maximum Gasteiger partial charge on any atom is 0.306 e. The minimum Gasteiger partial charge on any atom is -0.481 e. The predicted octanol–water partition coefficient (Wildman–Crippen LogP) is 9.64. The predicted molar refractivity (Wildman–Crippen MR) is 175 cm³/mol. The van der Waals surface area contributed by atoms with Gasteiger partial charge >= 0.3 is 23.9 Å². The highest BCUT2D eigenvalue weighted by molar-refractivity contribution is 5.71. The fourth-order valence-corrected chi connectivity index (χ4v) is 5.29. The highest BCUT2D eigenvalue weighted by Crippen LogP contribution is 2.24. The third-order valence-corrected chi connectivity index (χ3v) is 7.99. The summed E-state index contributed by atoms with van der Waals surface area (Å²) in [5.41, 5.74) is 0. The standard InChI is InChI=1S/C36H66O8/c1-5-9-13-20-23-30(42-34(39)26-17-10-6-2)29-32(44-36(41)28-19-12-8-4)31(43-35(40)27-18-11-7-3)24-21-15-14-16-22-25-33(37)38/h30-32H,5-29H2,1-4H3,(H,37,38)/t30-,31-,32-/m1/s1. The van der Waals surface area contributed by atoms with Crippen LogP contribution in [0.4, 0.5) is 0 Å². The molecule has 0 aliphatic heterocycles. The number of ether oxygens (including phenoxy) is 3. The average molecular weight is 627 g/mol. The summed E-state index contributed by atoms with van der Waals surface area (Å²) in [5, 5.41) is 8.89. The van der Waals surface area contributed by atoms with Crippen molar-refractivity contribution >= 4 is 23.9 Å². The zero-order valence-electron chi connectivity index (χ0n) is 28.7. The summed E-state index contributed by atoms with van der Waals surface area (Å²) in [5.74, 6) is -1.59. The van der Waals surface area contributed by atoms with Crippen molar-refractivity contribution in [1.82, 2.24) is 0 Å². The van der Waals surface area contributed by atoms with Crippen molar-refractivity contribution in [2.45, 2.75) is 207 Å². The molecular weight excluding hydrogens is 560 g/mol. The van der Waals surface area contributed by atoms with Gasteiger partial charge in [0.25, 0.3) is 0 Å². The molecule has 0 aromatic heterocycles. The first-order valence-corrected chi connectivity index (χ1v) is 18.1. The van der Waals surface area contributed by atoms with Gasteiger partial charge in [0.15, 0.2) is 0 Å². The lowest BCUT2D eigenvalue weighted by Gasteiger charge is -2.30. The normalized spacial score (nSPS) is 13.2. The van der Waals surface area contributed by atoms with Crippen LogP contribution >= 0.6 is 0 Å². The molecule has 0 heterocycles. The van der Waals surface area contributed by atoms with Crippen LogP contribution in [0.15, 0.2) is 0 Å². The minimum atomic E-state index is -0.779. The van der Waals surface area contributed by atoms with E-state index in [2.05, 4.69) is 27.7 Å². The molecule has 1 N–H and O–H groups in total. The number of unbranched alkanes of at least 4 members (excludes halogenated alkanes) is 13. The Hall–Kier alpha value is -2.12. The van der Waals surface area contributed by atoms with Crippen LogP contribution in [0.3, 0.4) is 0 Å². The van der Waals surface area contributed by atoms with Crippen LogP contribution in [0.1, 0.15) is 188 Å². The van der Waals surface area contributed by atoms with Crippen molar-refractivity contribution in [2.75, 3.05) is 0 Å². The highest BCUT2D eigenvalue weighted by atomic mass is 16.6. The van der Waals surface area contributed by atoms with Crippen LogP contribution < -0.4 is 0 Å². The summed E-state index contributed by atoms with van der Waals surface area (Å²) in [6.07, 6.45) is 17.3. The Kier molecular flexibility index (Phi) is 28.2. The maximum atomic E-state index is 13.0. The molecule has 0 fully saturated rings. The zero-order chi connectivity index (χ0) is 32.8. The van der Waals surface area contributed by atoms with E-state index in [1.807, 2.05) is 0 Å². The van der Waals surface area contributed by atoms with E-state index in [4.69, 9.17) is 19.3 Å². The summed E-state index contributed by atoms with van der Waals surface area (Å²) in [6, 6.07) is 0. The summed E-state index contributed by atoms with van der Waals surface area (Å²) < 4.78 is 18.1. The number of carboxylic acid groups (broad SMARTS) is 1. The van der Waals surface area contributed by atoms with Crippen molar-refractivity contribution in [1.29, 1.82) is 0 Å². The molecule has 3 atom stereocenters. The van der Waals surface area contributed by atoms with Crippen molar-refractivity contribution in [3.05, 3.63) is 0 Å². The van der Waals surface area contributed by atoms with Gasteiger partial charge in [0, 0.05) is 32.1 Å². The van der Waals surface area contributed by atoms with Crippen molar-refractivity contribution in [2.24, 2.45) is 0 Å². The van der Waals surface area contributed by atoms with E-state index in [0.29, 0.717) is 44.9 Å². The van der Waals surface area contributed by atoms with Crippen LogP contribution in [0.2, 0.25) is 0 Å². The van der Waals surface area contributed by atoms with E-state index in [1.54, 1.807) is 0 Å². The van der Waals surface area contributed by atoms with Crippen LogP contribution in [-0.4, -0.2) is 47.3 Å². The molecule has 8 heteroatoms. The first-order valence-electron chi connectivity index (χ1n) is 18.1. The molecule has 8 nitrogen and oxygen atoms in total. The monoisotopic (exact) mass is 626 g/mol. The summed E-state index contributed by atoms with van der Waals surface area (Å²) in [4.78, 5) is 49.5. The van der Waals surface area contributed by atoms with Gasteiger partial charge in [-0.3, -0.25) is 19.2 Å². The molecule has 0 saturated carbocycles. The second kappa shape index (κ2) is 29.6. The Morgan fingerprint density at radius 2 is 0.841 bits per heavy atom. The third-order valence-electron chi connectivity index (χ3n) is 7.99. The van der Waals surface area contributed by atoms with E-state index >= 15 is 0 Å². The third kappa shape index (κ3) is 25.2. The largest absolute Gasteiger partial charge is 0.481 e. The van der Waals surface area contributed by atoms with Crippen molar-refractivity contribution in [3.63, 3.8) is 0 Å². The van der Waals surface area contributed by atoms with Crippen LogP contribution in [0, 0.1) is 0 Å². The van der Waals surface area contributed by atoms with Crippen LogP contribution in [0.5, 0.6) is 0 Å². The van der Waals surface area contributed by atoms with E-state index < -0.39 is 24.3 Å². The van der Waals surface area contributed by atoms with Crippen LogP contribution in [0.25, 0.3) is 0 Å². The molecule has 0 saturated heterocycles. The van der Waals surface area contributed by atoms with Crippen molar-refractivity contribution in [3.8, 4) is 0 Å². The van der Waals surface area contributed by atoms with Gasteiger partial charge < -0.3 is 19.3 Å². The zero-order valence-corrected chi connectivity index (χ0v) is 28.7. The van der Waals surface area contributed by atoms with Gasteiger partial charge in [-0.2, -0.15) is 0 Å². The molecule has 0 unspecified atom stereocenters. The lowest BCUT2D eigenvalue weighted by atomic mass is 9.97. The number of hydrogen-bond acceptors (Lipinski definition) is 7. The molecule has 0 radical (unpaired) electrons. The molecule has 0 aliphatic carbocycles. The molecule has 0 rings (SSSR count). The fourth-order valence-electron chi connectivity index (χ4n) is 5.29. The molecule has 0 aliphatic rings. The number of carbonyl (C=O) groups is 4. The number of aliphatic carboxylic acids is 1. The first kappa shape index (κ1) is 41.9. The number of carbonyl (C=O) groups excluding carboxylic acids is 3. The van der Waals surface area contributed by atoms with Gasteiger partial charge in [-0.1, -0.05) is 105 Å². The van der Waals surface area contributed by atoms with Gasteiger partial charge in [0.05, 0.1) is 0 Å². The van der Waals surface area contributed by atoms with Gasteiger partial charge in [-0.15, -0.1) is 0 Å². The molecule has 0 spiro atoms. The minimum absolute atomic E-state index is 0.171. The van der Waals surface area contributed by atoms with E-state index in [1.165, 1.54) is 0 Å². The Labute approximate surface area is 268 Å². The summed E-state index contributed by atoms with van der Waals surface area (Å²) >= 11 is 0. The van der Waals surface area contributed by atoms with Gasteiger partial charge in [-0.05, 0) is 51.4 Å². The van der Waals surface area contributed by atoms with Gasteiger partial charge in [0.1, 0.15) is 18.3 Å². The molecule has 0 aromatic carbocycles. The molecule has 258 valence electrons. The average Bonchev–Trinajstić information content (AvgIpc) is 2.98. The molecule has 0 aromatic rings. The fraction of sp³-hybridized carbons (Fsp3) is 0.889. The molecule has 0 amide bonds. The Balaban J connectivity index is 5.81. The van der Waals surface area contributed by atoms with Crippen molar-refractivity contribution < 1.29 is 38.5 Å². The Morgan fingerprint density at radius 1 is 0.455 bits per heavy atom. The topological polar surface area (TPSA) is 116 Å². The smallest absolute Gasteiger partial charge is 0.306 e. The van der Waals surface area contributed by atoms with Gasteiger partial charge in [-0.25, -0.2) is 0 Å².